The van der Waals surface area contributed by atoms with Crippen LogP contribution < -0.4 is 26.0 Å². The Morgan fingerprint density at radius 3 is 1.49 bits per heavy atom. The minimum absolute atomic E-state index is 0.0723. The average molecular weight is 1200 g/mol. The van der Waals surface area contributed by atoms with Crippen molar-refractivity contribution in [3.63, 3.8) is 0 Å². The van der Waals surface area contributed by atoms with Gasteiger partial charge in [-0.25, -0.2) is 24.5 Å². The number of piperidine rings is 2. The normalized spacial score (nSPS) is 17.9. The number of nitrogens with one attached hydrogen (secondary N) is 4. The van der Waals surface area contributed by atoms with Crippen molar-refractivity contribution in [1.29, 1.82) is 0 Å². The fourth-order valence-corrected chi connectivity index (χ4v) is 10.9. The zero-order valence-corrected chi connectivity index (χ0v) is 51.1. The fraction of sp³-hybridized carbons (Fsp3) is 0.508. The molecule has 5 aromatic rings. The number of aliphatic hydroxyl groups is 2. The van der Waals surface area contributed by atoms with Gasteiger partial charge in [-0.1, -0.05) is 12.1 Å². The van der Waals surface area contributed by atoms with Gasteiger partial charge in [0.15, 0.2) is 12.2 Å². The molecule has 24 nitrogen and oxygen atoms in total. The smallest absolute Gasteiger partial charge is 0.410 e. The zero-order chi connectivity index (χ0) is 62.7. The highest BCUT2D eigenvalue weighted by atomic mass is 16.6. The lowest BCUT2D eigenvalue weighted by Crippen LogP contribution is -2.54. The topological polar surface area (TPSA) is 304 Å². The molecule has 7 N–H and O–H groups in total. The minimum Gasteiger partial charge on any atom is -0.508 e. The van der Waals surface area contributed by atoms with E-state index in [0.717, 1.165) is 53.6 Å². The van der Waals surface area contributed by atoms with Crippen LogP contribution in [0.15, 0.2) is 83.9 Å². The number of aryl methyl sites for hydroxylation is 1. The number of rotatable bonds is 15. The van der Waals surface area contributed by atoms with E-state index in [0.29, 0.717) is 73.3 Å². The number of ether oxygens (including phenoxy) is 3. The number of phenolic OH excluding ortho intramolecular Hbond substituents is 1. The van der Waals surface area contributed by atoms with E-state index < -0.39 is 47.7 Å². The molecule has 0 spiro atoms. The number of nitrogens with zero attached hydrogens (tertiary/aromatic N) is 7. The predicted molar refractivity (Wildman–Crippen MR) is 322 cm³/mol. The monoisotopic (exact) mass is 1200 g/mol. The maximum atomic E-state index is 13.4. The van der Waals surface area contributed by atoms with Crippen LogP contribution in [0.25, 0.3) is 0 Å². The van der Waals surface area contributed by atoms with E-state index in [1.807, 2.05) is 34.9 Å². The Kier molecular flexibility index (Phi) is 21.0. The molecule has 0 bridgehead atoms. The molecule has 2 aromatic carbocycles. The number of carbonyl (C=O) groups excluding carboxylic acids is 6. The van der Waals surface area contributed by atoms with E-state index >= 15 is 0 Å². The Hall–Kier alpha value is -8.51. The lowest BCUT2D eigenvalue weighted by atomic mass is 9.91. The molecule has 0 unspecified atom stereocenters. The third-order valence-electron chi connectivity index (χ3n) is 15.6. The third kappa shape index (κ3) is 18.0. The van der Waals surface area contributed by atoms with E-state index in [1.54, 1.807) is 110 Å². The first kappa shape index (κ1) is 64.5. The van der Waals surface area contributed by atoms with Crippen molar-refractivity contribution in [1.82, 2.24) is 45.2 Å². The maximum Gasteiger partial charge on any atom is 0.410 e. The van der Waals surface area contributed by atoms with Crippen molar-refractivity contribution in [2.45, 2.75) is 168 Å². The number of likely N-dealkylation sites (tertiary alicyclic amines) is 2. The Morgan fingerprint density at radius 1 is 0.621 bits per heavy atom. The summed E-state index contributed by atoms with van der Waals surface area (Å²) in [6.45, 7) is 18.8. The number of aliphatic hydroxyl groups excluding tert-OH is 2. The molecule has 2 saturated heterocycles. The molecule has 7 heterocycles. The van der Waals surface area contributed by atoms with Gasteiger partial charge in [0, 0.05) is 102 Å². The summed E-state index contributed by atoms with van der Waals surface area (Å²) in [5.74, 6) is 1.88. The SMILES string of the molecule is CC(=O)N1CCC(Nc2cc(C(=O)NC[C@@H](O)[C@@H]3Cc4ccc(O)cc4CN3C(=O)OC(C)(C)C)ccn2)CC1.CC(=O)N1CCC(Nc2cc(C(=O)NC[C@@H](O)[C@@H]3Cc4ccc(OCc5ocnc5C)cc4CN3C(=O)OC(C)(C)C)ccn2)CC1. The van der Waals surface area contributed by atoms with Crippen LogP contribution in [0.4, 0.5) is 21.2 Å². The average Bonchev–Trinajstić information content (AvgIpc) is 3.51. The summed E-state index contributed by atoms with van der Waals surface area (Å²) < 4.78 is 22.6. The van der Waals surface area contributed by atoms with Crippen molar-refractivity contribution in [2.24, 2.45) is 0 Å². The van der Waals surface area contributed by atoms with Gasteiger partial charge in [-0.05, 0) is 158 Å². The molecular weight excluding hydrogens is 1120 g/mol. The van der Waals surface area contributed by atoms with Gasteiger partial charge in [0.2, 0.25) is 11.8 Å². The predicted octanol–water partition coefficient (Wildman–Crippen LogP) is 6.50. The summed E-state index contributed by atoms with van der Waals surface area (Å²) >= 11 is 0. The van der Waals surface area contributed by atoms with Crippen LogP contribution in [0.3, 0.4) is 0 Å². The van der Waals surface area contributed by atoms with Gasteiger partial charge in [0.05, 0.1) is 30.0 Å². The summed E-state index contributed by atoms with van der Waals surface area (Å²) in [4.78, 5) is 95.1. The first-order chi connectivity index (χ1) is 41.2. The van der Waals surface area contributed by atoms with E-state index in [9.17, 15) is 44.1 Å². The summed E-state index contributed by atoms with van der Waals surface area (Å²) in [6, 6.07) is 16.2. The van der Waals surface area contributed by atoms with Gasteiger partial charge in [0.25, 0.3) is 11.8 Å². The molecule has 0 saturated carbocycles. The first-order valence-electron chi connectivity index (χ1n) is 29.6. The number of carbonyl (C=O) groups is 6. The van der Waals surface area contributed by atoms with Crippen molar-refractivity contribution in [3.8, 4) is 11.5 Å². The second-order valence-electron chi connectivity index (χ2n) is 24.6. The van der Waals surface area contributed by atoms with Crippen molar-refractivity contribution >= 4 is 47.5 Å². The van der Waals surface area contributed by atoms with Gasteiger partial charge >= 0.3 is 12.2 Å². The number of hydrogen-bond donors (Lipinski definition) is 7. The van der Waals surface area contributed by atoms with Gasteiger partial charge < -0.3 is 65.0 Å². The van der Waals surface area contributed by atoms with Gasteiger partial charge in [-0.15, -0.1) is 0 Å². The second kappa shape index (κ2) is 28.3. The van der Waals surface area contributed by atoms with Crippen molar-refractivity contribution in [2.75, 3.05) is 49.9 Å². The Morgan fingerprint density at radius 2 is 1.07 bits per heavy atom. The van der Waals surface area contributed by atoms with Crippen molar-refractivity contribution in [3.05, 3.63) is 124 Å². The largest absolute Gasteiger partial charge is 0.508 e. The van der Waals surface area contributed by atoms with Crippen LogP contribution in [0, 0.1) is 6.92 Å². The number of hydrogen-bond acceptors (Lipinski definition) is 18. The number of oxazole rings is 1. The Labute approximate surface area is 507 Å². The lowest BCUT2D eigenvalue weighted by molar-refractivity contribution is -0.130. The number of anilines is 2. The van der Waals surface area contributed by atoms with Gasteiger partial charge in [-0.2, -0.15) is 0 Å². The molecule has 0 aliphatic carbocycles. The lowest BCUT2D eigenvalue weighted by Gasteiger charge is -2.40. The first-order valence-corrected chi connectivity index (χ1v) is 29.6. The van der Waals surface area contributed by atoms with Crippen LogP contribution in [0.2, 0.25) is 0 Å². The highest BCUT2D eigenvalue weighted by Crippen LogP contribution is 2.32. The van der Waals surface area contributed by atoms with Gasteiger partial charge in [-0.3, -0.25) is 29.0 Å². The van der Waals surface area contributed by atoms with E-state index in [4.69, 9.17) is 18.6 Å². The van der Waals surface area contributed by atoms with Crippen molar-refractivity contribution < 1.29 is 62.7 Å². The molecule has 4 aliphatic heterocycles. The fourth-order valence-electron chi connectivity index (χ4n) is 10.9. The van der Waals surface area contributed by atoms with E-state index in [-0.39, 0.29) is 74.2 Å². The minimum atomic E-state index is -1.07. The number of amides is 6. The molecular formula is C63H83N11O13. The number of aromatic hydroxyl groups is 1. The van der Waals surface area contributed by atoms with Crippen LogP contribution in [0.1, 0.15) is 135 Å². The van der Waals surface area contributed by atoms with Crippen LogP contribution in [-0.4, -0.2) is 173 Å². The van der Waals surface area contributed by atoms with Crippen LogP contribution in [0.5, 0.6) is 11.5 Å². The Balaban J connectivity index is 0.000000229. The summed E-state index contributed by atoms with van der Waals surface area (Å²) in [7, 11) is 0. The molecule has 6 amide bonds. The van der Waals surface area contributed by atoms with E-state index in [2.05, 4.69) is 36.2 Å². The molecule has 468 valence electrons. The van der Waals surface area contributed by atoms with Crippen LogP contribution in [-0.2, 0) is 51.6 Å². The van der Waals surface area contributed by atoms with Crippen LogP contribution >= 0.6 is 0 Å². The molecule has 0 radical (unpaired) electrons. The zero-order valence-electron chi connectivity index (χ0n) is 51.1. The number of aromatic nitrogens is 3. The highest BCUT2D eigenvalue weighted by molar-refractivity contribution is 5.95. The number of phenols is 1. The highest BCUT2D eigenvalue weighted by Gasteiger charge is 2.39. The maximum absolute atomic E-state index is 13.4. The number of pyridine rings is 2. The Bertz CT molecular complexity index is 3240. The summed E-state index contributed by atoms with van der Waals surface area (Å²) in [5, 5.41) is 44.7. The third-order valence-corrected chi connectivity index (χ3v) is 15.6. The summed E-state index contributed by atoms with van der Waals surface area (Å²) in [5.41, 5.74) is 3.60. The molecule has 24 heteroatoms. The van der Waals surface area contributed by atoms with Gasteiger partial charge in [0.1, 0.15) is 40.9 Å². The molecule has 4 aliphatic rings. The molecule has 9 rings (SSSR count). The summed E-state index contributed by atoms with van der Waals surface area (Å²) in [6.07, 6.45) is 5.10. The molecule has 4 atom stereocenters. The second-order valence-corrected chi connectivity index (χ2v) is 24.6. The molecule has 3 aromatic heterocycles. The molecule has 2 fully saturated rings. The standard InChI is InChI=1S/C34H44N6O7.C29H39N5O6/c1-21-30(46-20-37-21)19-45-27-7-6-23-15-28(40(18-25(23)14-27)33(44)47-34(3,4)5)29(42)17-36-32(43)24-8-11-35-31(16-24)38-26-9-12-39(13-10-26)22(2)41;1-18(35)33-11-8-22(9-12-33)32-26-15-20(7-10-30-26)27(38)31-16-25(37)24-14-19-5-6-23(36)13-21(19)17-34(24)28(39)40-29(2,3)4/h6-8,11,14,16,20,26,28-29,42H,9-10,12-13,15,17-19H2,1-5H3,(H,35,38)(H,36,43);5-7,10,13,15,22,24-25,36-37H,8-9,11-12,14,16-17H2,1-4H3,(H,30,32)(H,31,38)/t28-,29+;24-,25+/m00/s1. The number of benzene rings is 2. The molecule has 87 heavy (non-hydrogen) atoms. The quantitative estimate of drug-likeness (QED) is 0.0589. The van der Waals surface area contributed by atoms with E-state index in [1.165, 1.54) is 16.2 Å². The number of fused-ring (bicyclic) bond motifs is 2.